The van der Waals surface area contributed by atoms with Crippen LogP contribution < -0.4 is 10.1 Å². The van der Waals surface area contributed by atoms with E-state index in [1.807, 2.05) is 39.0 Å². The number of fused-ring (bicyclic) bond motifs is 1. The second-order valence-corrected chi connectivity index (χ2v) is 9.03. The van der Waals surface area contributed by atoms with Gasteiger partial charge in [0.2, 0.25) is 0 Å². The lowest BCUT2D eigenvalue weighted by Gasteiger charge is -2.36. The lowest BCUT2D eigenvalue weighted by atomic mass is 10.0. The second-order valence-electron chi connectivity index (χ2n) is 8.63. The number of nitrogens with one attached hydrogen (secondary N) is 1. The number of amides is 1. The van der Waals surface area contributed by atoms with Gasteiger partial charge in [-0.15, -0.1) is 0 Å². The number of aromatic nitrogens is 1. The van der Waals surface area contributed by atoms with Crippen molar-refractivity contribution in [2.24, 2.45) is 0 Å². The van der Waals surface area contributed by atoms with Crippen LogP contribution in [0.2, 0.25) is 5.02 Å². The van der Waals surface area contributed by atoms with Gasteiger partial charge in [-0.05, 0) is 57.4 Å². The zero-order chi connectivity index (χ0) is 21.9. The molecular weight excluding hydrogens is 406 g/mol. The molecule has 2 N–H and O–H groups in total. The van der Waals surface area contributed by atoms with Crippen LogP contribution in [-0.2, 0) is 11.2 Å². The van der Waals surface area contributed by atoms with Gasteiger partial charge in [-0.2, -0.15) is 0 Å². The lowest BCUT2D eigenvalue weighted by molar-refractivity contribution is 0.0204. The molecule has 3 rings (SSSR count). The summed E-state index contributed by atoms with van der Waals surface area (Å²) in [6.45, 7) is 7.43. The van der Waals surface area contributed by atoms with Crippen LogP contribution in [0.15, 0.2) is 24.4 Å². The van der Waals surface area contributed by atoms with Gasteiger partial charge in [0.15, 0.2) is 0 Å². The minimum atomic E-state index is -0.656. The zero-order valence-corrected chi connectivity index (χ0v) is 18.7. The Morgan fingerprint density at radius 1 is 1.40 bits per heavy atom. The van der Waals surface area contributed by atoms with E-state index in [0.717, 1.165) is 41.7 Å². The molecule has 164 valence electrons. The van der Waals surface area contributed by atoms with Crippen LogP contribution in [0.3, 0.4) is 0 Å². The van der Waals surface area contributed by atoms with E-state index in [9.17, 15) is 9.90 Å². The average molecular weight is 436 g/mol. The largest absolute Gasteiger partial charge is 0.497 e. The normalized spacial score (nSPS) is 20.2. The van der Waals surface area contributed by atoms with Crippen LogP contribution in [0.25, 0.3) is 10.9 Å². The molecule has 30 heavy (non-hydrogen) atoms. The molecule has 0 bridgehead atoms. The van der Waals surface area contributed by atoms with Crippen molar-refractivity contribution >= 4 is 28.6 Å². The Bertz CT molecular complexity index is 900. The van der Waals surface area contributed by atoms with Crippen LogP contribution in [-0.4, -0.2) is 65.6 Å². The van der Waals surface area contributed by atoms with Gasteiger partial charge in [0.05, 0.1) is 29.8 Å². The van der Waals surface area contributed by atoms with Crippen LogP contribution in [0.4, 0.5) is 4.79 Å². The van der Waals surface area contributed by atoms with Crippen LogP contribution in [0.1, 0.15) is 32.8 Å². The number of halogens is 1. The molecule has 1 fully saturated rings. The Kier molecular flexibility index (Phi) is 7.06. The highest BCUT2D eigenvalue weighted by molar-refractivity contribution is 6.32. The average Bonchev–Trinajstić information content (AvgIpc) is 2.67. The third kappa shape index (κ3) is 5.74. The Morgan fingerprint density at radius 3 is 2.83 bits per heavy atom. The number of pyridine rings is 1. The topological polar surface area (TPSA) is 83.9 Å². The molecule has 1 aliphatic heterocycles. The number of hydrogen-bond acceptors (Lipinski definition) is 6. The molecule has 1 aromatic heterocycles. The van der Waals surface area contributed by atoms with E-state index in [1.165, 1.54) is 0 Å². The van der Waals surface area contributed by atoms with E-state index >= 15 is 0 Å². The molecule has 2 aromatic rings. The van der Waals surface area contributed by atoms with E-state index in [4.69, 9.17) is 21.1 Å². The number of carbonyl (C=O) groups is 1. The van der Waals surface area contributed by atoms with E-state index in [1.54, 1.807) is 13.3 Å². The molecule has 8 heteroatoms. The summed E-state index contributed by atoms with van der Waals surface area (Å²) in [6.07, 6.45) is 1.90. The van der Waals surface area contributed by atoms with Crippen LogP contribution in [0, 0.1) is 0 Å². The summed E-state index contributed by atoms with van der Waals surface area (Å²) in [5.41, 5.74) is 1.32. The number of alkyl carbamates (subject to hydrolysis) is 1. The summed E-state index contributed by atoms with van der Waals surface area (Å²) in [7, 11) is 1.63. The molecule has 0 radical (unpaired) electrons. The Labute approximate surface area is 182 Å². The molecule has 7 nitrogen and oxygen atoms in total. The van der Waals surface area contributed by atoms with Gasteiger partial charge in [-0.25, -0.2) is 4.79 Å². The van der Waals surface area contributed by atoms with Crippen molar-refractivity contribution in [3.63, 3.8) is 0 Å². The Hall–Kier alpha value is -2.09. The van der Waals surface area contributed by atoms with E-state index < -0.39 is 17.8 Å². The van der Waals surface area contributed by atoms with Gasteiger partial charge in [0.1, 0.15) is 11.4 Å². The minimum Gasteiger partial charge on any atom is -0.497 e. The Morgan fingerprint density at radius 2 is 2.17 bits per heavy atom. The first-order valence-electron chi connectivity index (χ1n) is 10.2. The fourth-order valence-corrected chi connectivity index (χ4v) is 3.93. The molecular formula is C22H30ClN3O4. The summed E-state index contributed by atoms with van der Waals surface area (Å²) in [4.78, 5) is 18.6. The van der Waals surface area contributed by atoms with E-state index in [-0.39, 0.29) is 6.04 Å². The summed E-state index contributed by atoms with van der Waals surface area (Å²) in [6, 6.07) is 5.44. The summed E-state index contributed by atoms with van der Waals surface area (Å²) in [5, 5.41) is 14.9. The molecule has 1 amide bonds. The Balaban J connectivity index is 1.60. The van der Waals surface area contributed by atoms with Gasteiger partial charge in [-0.1, -0.05) is 11.6 Å². The standard InChI is InChI=1S/C22H30ClN3O4/c1-22(2,3)30-21(28)25-19-8-10-26(13-20(19)27)9-7-15-16-11-14(29-4)5-6-18(16)24-12-17(15)23/h5-6,11-12,19-20,27H,7-10,13H2,1-4H3,(H,25,28)/t19-,20+/m0/s1. The third-order valence-electron chi connectivity index (χ3n) is 5.18. The molecule has 0 unspecified atom stereocenters. The van der Waals surface area contributed by atoms with Crippen molar-refractivity contribution in [1.29, 1.82) is 0 Å². The molecule has 0 saturated carbocycles. The fourth-order valence-electron chi connectivity index (χ4n) is 3.68. The van der Waals surface area contributed by atoms with Gasteiger partial charge in [0, 0.05) is 31.2 Å². The maximum absolute atomic E-state index is 12.0. The molecule has 0 spiro atoms. The molecule has 1 aliphatic rings. The van der Waals surface area contributed by atoms with Crippen molar-refractivity contribution in [1.82, 2.24) is 15.2 Å². The van der Waals surface area contributed by atoms with Crippen molar-refractivity contribution in [3.8, 4) is 5.75 Å². The van der Waals surface area contributed by atoms with Gasteiger partial charge in [0.25, 0.3) is 0 Å². The summed E-state index contributed by atoms with van der Waals surface area (Å²) >= 11 is 6.45. The first kappa shape index (κ1) is 22.6. The molecule has 2 atom stereocenters. The zero-order valence-electron chi connectivity index (χ0n) is 17.9. The van der Waals surface area contributed by atoms with Gasteiger partial charge in [-0.3, -0.25) is 4.98 Å². The minimum absolute atomic E-state index is 0.314. The van der Waals surface area contributed by atoms with Crippen LogP contribution >= 0.6 is 11.6 Å². The SMILES string of the molecule is COc1ccc2ncc(Cl)c(CCN3CC[C@H](NC(=O)OC(C)(C)C)[C@H](O)C3)c2c1. The number of carbonyl (C=O) groups excluding carboxylic acids is 1. The number of piperidine rings is 1. The quantitative estimate of drug-likeness (QED) is 0.748. The van der Waals surface area contributed by atoms with Gasteiger partial charge < -0.3 is 24.8 Å². The number of methoxy groups -OCH3 is 1. The first-order chi connectivity index (χ1) is 14.2. The predicted molar refractivity (Wildman–Crippen MR) is 117 cm³/mol. The maximum Gasteiger partial charge on any atom is 0.407 e. The van der Waals surface area contributed by atoms with E-state index in [2.05, 4.69) is 15.2 Å². The highest BCUT2D eigenvalue weighted by atomic mass is 35.5. The number of nitrogens with zero attached hydrogens (tertiary/aromatic N) is 2. The molecule has 0 aliphatic carbocycles. The fraction of sp³-hybridized carbons (Fsp3) is 0.545. The monoisotopic (exact) mass is 435 g/mol. The molecule has 1 saturated heterocycles. The number of aliphatic hydroxyl groups is 1. The molecule has 1 aromatic carbocycles. The van der Waals surface area contributed by atoms with Crippen molar-refractivity contribution in [3.05, 3.63) is 35.0 Å². The highest BCUT2D eigenvalue weighted by Crippen LogP contribution is 2.28. The number of rotatable bonds is 5. The number of ether oxygens (including phenoxy) is 2. The first-order valence-corrected chi connectivity index (χ1v) is 10.5. The smallest absolute Gasteiger partial charge is 0.407 e. The van der Waals surface area contributed by atoms with Crippen LogP contribution in [0.5, 0.6) is 5.75 Å². The number of aliphatic hydroxyl groups excluding tert-OH is 1. The maximum atomic E-state index is 12.0. The lowest BCUT2D eigenvalue weighted by Crippen LogP contribution is -2.54. The summed E-state index contributed by atoms with van der Waals surface area (Å²) < 4.78 is 10.6. The summed E-state index contributed by atoms with van der Waals surface area (Å²) in [5.74, 6) is 0.761. The van der Waals surface area contributed by atoms with Crippen molar-refractivity contribution < 1.29 is 19.4 Å². The van der Waals surface area contributed by atoms with Gasteiger partial charge >= 0.3 is 6.09 Å². The third-order valence-corrected chi connectivity index (χ3v) is 5.51. The number of β-amino-alcohol motifs (C(OH)–C–C–N with tert-alkyl or cyclic N) is 1. The number of hydrogen-bond donors (Lipinski definition) is 2. The van der Waals surface area contributed by atoms with Crippen molar-refractivity contribution in [2.75, 3.05) is 26.7 Å². The molecule has 2 heterocycles. The van der Waals surface area contributed by atoms with E-state index in [0.29, 0.717) is 18.0 Å². The van der Waals surface area contributed by atoms with Crippen molar-refractivity contribution in [2.45, 2.75) is 51.4 Å². The highest BCUT2D eigenvalue weighted by Gasteiger charge is 2.30. The number of benzene rings is 1. The second kappa shape index (κ2) is 9.37. The number of likely N-dealkylation sites (tertiary alicyclic amines) is 1. The predicted octanol–water partition coefficient (Wildman–Crippen LogP) is 3.40.